The fraction of sp³-hybridized carbons (Fsp3) is 0.688. The Morgan fingerprint density at radius 2 is 2.05 bits per heavy atom. The summed E-state index contributed by atoms with van der Waals surface area (Å²) < 4.78 is 5.92. The van der Waals surface area contributed by atoms with Gasteiger partial charge in [-0.1, -0.05) is 40.0 Å². The number of aryl methyl sites for hydroxylation is 1. The van der Waals surface area contributed by atoms with Crippen molar-refractivity contribution in [1.29, 1.82) is 0 Å². The molecule has 0 saturated heterocycles. The van der Waals surface area contributed by atoms with Gasteiger partial charge in [0, 0.05) is 36.1 Å². The zero-order valence-electron chi connectivity index (χ0n) is 12.8. The molecular weight excluding hydrogens is 236 g/mol. The molecule has 108 valence electrons. The number of pyridine rings is 1. The number of hydrogen-bond donors (Lipinski definition) is 1. The molecule has 0 bridgehead atoms. The average molecular weight is 264 g/mol. The van der Waals surface area contributed by atoms with Gasteiger partial charge in [-0.15, -0.1) is 0 Å². The lowest BCUT2D eigenvalue weighted by molar-refractivity contribution is 0.300. The lowest BCUT2D eigenvalue weighted by atomic mass is 10.2. The SMILES string of the molecule is CCCCCCOc1cc(C)ncc1CNC(C)C. The number of unbranched alkanes of at least 4 members (excludes halogenated alkanes) is 3. The summed E-state index contributed by atoms with van der Waals surface area (Å²) in [4.78, 5) is 4.36. The Morgan fingerprint density at radius 1 is 1.26 bits per heavy atom. The van der Waals surface area contributed by atoms with Gasteiger partial charge in [-0.25, -0.2) is 0 Å². The Hall–Kier alpha value is -1.09. The standard InChI is InChI=1S/C16H28N2O/c1-5-6-7-8-9-19-16-10-14(4)18-12-15(16)11-17-13(2)3/h10,12-13,17H,5-9,11H2,1-4H3. The molecule has 0 unspecified atom stereocenters. The van der Waals surface area contributed by atoms with E-state index < -0.39 is 0 Å². The number of nitrogens with one attached hydrogen (secondary N) is 1. The topological polar surface area (TPSA) is 34.1 Å². The summed E-state index contributed by atoms with van der Waals surface area (Å²) >= 11 is 0. The molecule has 1 N–H and O–H groups in total. The normalized spacial score (nSPS) is 11.0. The van der Waals surface area contributed by atoms with Crippen molar-refractivity contribution in [3.8, 4) is 5.75 Å². The lowest BCUT2D eigenvalue weighted by Gasteiger charge is -2.14. The highest BCUT2D eigenvalue weighted by molar-refractivity contribution is 5.32. The van der Waals surface area contributed by atoms with Crippen LogP contribution in [0, 0.1) is 6.92 Å². The first-order chi connectivity index (χ1) is 9.13. The zero-order valence-corrected chi connectivity index (χ0v) is 12.8. The number of nitrogens with zero attached hydrogens (tertiary/aromatic N) is 1. The highest BCUT2D eigenvalue weighted by Gasteiger charge is 2.06. The van der Waals surface area contributed by atoms with Crippen LogP contribution in [0.1, 0.15) is 57.7 Å². The summed E-state index contributed by atoms with van der Waals surface area (Å²) in [5.74, 6) is 0.983. The first-order valence-corrected chi connectivity index (χ1v) is 7.45. The maximum Gasteiger partial charge on any atom is 0.127 e. The van der Waals surface area contributed by atoms with Gasteiger partial charge in [-0.2, -0.15) is 0 Å². The van der Waals surface area contributed by atoms with Gasteiger partial charge in [0.1, 0.15) is 5.75 Å². The molecule has 19 heavy (non-hydrogen) atoms. The van der Waals surface area contributed by atoms with E-state index in [0.29, 0.717) is 6.04 Å². The van der Waals surface area contributed by atoms with Gasteiger partial charge in [0.15, 0.2) is 0 Å². The molecule has 1 aromatic rings. The second-order valence-corrected chi connectivity index (χ2v) is 5.38. The Kier molecular flexibility index (Phi) is 7.49. The number of rotatable bonds is 9. The van der Waals surface area contributed by atoms with Crippen LogP contribution in [-0.4, -0.2) is 17.6 Å². The minimum Gasteiger partial charge on any atom is -0.493 e. The van der Waals surface area contributed by atoms with Crippen molar-refractivity contribution in [2.75, 3.05) is 6.61 Å². The molecule has 1 rings (SSSR count). The van der Waals surface area contributed by atoms with Crippen molar-refractivity contribution in [2.45, 2.75) is 66.0 Å². The van der Waals surface area contributed by atoms with E-state index >= 15 is 0 Å². The van der Waals surface area contributed by atoms with Gasteiger partial charge >= 0.3 is 0 Å². The monoisotopic (exact) mass is 264 g/mol. The van der Waals surface area contributed by atoms with Crippen LogP contribution in [0.3, 0.4) is 0 Å². The van der Waals surface area contributed by atoms with E-state index in [-0.39, 0.29) is 0 Å². The van der Waals surface area contributed by atoms with E-state index in [4.69, 9.17) is 4.74 Å². The summed E-state index contributed by atoms with van der Waals surface area (Å²) in [5, 5.41) is 3.41. The Morgan fingerprint density at radius 3 is 2.74 bits per heavy atom. The van der Waals surface area contributed by atoms with Gasteiger partial charge in [0.25, 0.3) is 0 Å². The van der Waals surface area contributed by atoms with Gasteiger partial charge in [0.2, 0.25) is 0 Å². The largest absolute Gasteiger partial charge is 0.493 e. The molecule has 0 saturated carbocycles. The Balaban J connectivity index is 2.51. The molecular formula is C16H28N2O. The number of ether oxygens (including phenoxy) is 1. The highest BCUT2D eigenvalue weighted by atomic mass is 16.5. The summed E-state index contributed by atoms with van der Waals surface area (Å²) in [5.41, 5.74) is 2.16. The fourth-order valence-corrected chi connectivity index (χ4v) is 1.86. The molecule has 0 fully saturated rings. The van der Waals surface area contributed by atoms with Crippen molar-refractivity contribution >= 4 is 0 Å². The van der Waals surface area contributed by atoms with Crippen molar-refractivity contribution < 1.29 is 4.74 Å². The summed E-state index contributed by atoms with van der Waals surface area (Å²) in [6, 6.07) is 2.51. The molecule has 3 nitrogen and oxygen atoms in total. The van der Waals surface area contributed by atoms with E-state index in [2.05, 4.69) is 31.1 Å². The molecule has 1 heterocycles. The minimum absolute atomic E-state index is 0.471. The van der Waals surface area contributed by atoms with Crippen LogP contribution >= 0.6 is 0 Å². The highest BCUT2D eigenvalue weighted by Crippen LogP contribution is 2.19. The molecule has 0 spiro atoms. The van der Waals surface area contributed by atoms with Crippen LogP contribution < -0.4 is 10.1 Å². The van der Waals surface area contributed by atoms with Gasteiger partial charge in [0.05, 0.1) is 6.61 Å². The average Bonchev–Trinajstić information content (AvgIpc) is 2.37. The third kappa shape index (κ3) is 6.58. The quantitative estimate of drug-likeness (QED) is 0.688. The molecule has 3 heteroatoms. The van der Waals surface area contributed by atoms with Gasteiger partial charge < -0.3 is 10.1 Å². The summed E-state index contributed by atoms with van der Waals surface area (Å²) in [7, 11) is 0. The van der Waals surface area contributed by atoms with Gasteiger partial charge in [-0.3, -0.25) is 4.98 Å². The van der Waals surface area contributed by atoms with E-state index in [1.165, 1.54) is 19.3 Å². The Labute approximate surface area is 117 Å². The molecule has 0 aromatic carbocycles. The Bertz CT molecular complexity index is 364. The van der Waals surface area contributed by atoms with Crippen LogP contribution in [0.15, 0.2) is 12.3 Å². The van der Waals surface area contributed by atoms with Crippen LogP contribution in [0.5, 0.6) is 5.75 Å². The third-order valence-electron chi connectivity index (χ3n) is 3.04. The second kappa shape index (κ2) is 8.92. The van der Waals surface area contributed by atoms with Crippen LogP contribution in [0.4, 0.5) is 0 Å². The number of hydrogen-bond acceptors (Lipinski definition) is 3. The van der Waals surface area contributed by atoms with Crippen molar-refractivity contribution in [1.82, 2.24) is 10.3 Å². The first kappa shape index (κ1) is 16.0. The fourth-order valence-electron chi connectivity index (χ4n) is 1.86. The maximum atomic E-state index is 5.92. The molecule has 1 aromatic heterocycles. The van der Waals surface area contributed by atoms with E-state index in [1.54, 1.807) is 0 Å². The van der Waals surface area contributed by atoms with Crippen LogP contribution in [-0.2, 0) is 6.54 Å². The molecule has 0 radical (unpaired) electrons. The van der Waals surface area contributed by atoms with Crippen LogP contribution in [0.25, 0.3) is 0 Å². The van der Waals surface area contributed by atoms with Crippen molar-refractivity contribution in [2.24, 2.45) is 0 Å². The molecule has 0 aliphatic rings. The maximum absolute atomic E-state index is 5.92. The van der Waals surface area contributed by atoms with Gasteiger partial charge in [-0.05, 0) is 13.3 Å². The van der Waals surface area contributed by atoms with E-state index in [1.807, 2.05) is 19.2 Å². The molecule has 0 atom stereocenters. The van der Waals surface area contributed by atoms with Crippen LogP contribution in [0.2, 0.25) is 0 Å². The smallest absolute Gasteiger partial charge is 0.127 e. The summed E-state index contributed by atoms with van der Waals surface area (Å²) in [6.07, 6.45) is 6.86. The third-order valence-corrected chi connectivity index (χ3v) is 3.04. The lowest BCUT2D eigenvalue weighted by Crippen LogP contribution is -2.22. The van der Waals surface area contributed by atoms with E-state index in [0.717, 1.165) is 36.6 Å². The second-order valence-electron chi connectivity index (χ2n) is 5.38. The predicted octanol–water partition coefficient (Wildman–Crippen LogP) is 3.85. The minimum atomic E-state index is 0.471. The number of aromatic nitrogens is 1. The molecule has 0 amide bonds. The van der Waals surface area contributed by atoms with E-state index in [9.17, 15) is 0 Å². The molecule has 0 aliphatic carbocycles. The van der Waals surface area contributed by atoms with Crippen molar-refractivity contribution in [3.05, 3.63) is 23.5 Å². The predicted molar refractivity (Wildman–Crippen MR) is 80.6 cm³/mol. The summed E-state index contributed by atoms with van der Waals surface area (Å²) in [6.45, 7) is 10.1. The first-order valence-electron chi connectivity index (χ1n) is 7.45. The molecule has 0 aliphatic heterocycles. The zero-order chi connectivity index (χ0) is 14.1. The van der Waals surface area contributed by atoms with Crippen molar-refractivity contribution in [3.63, 3.8) is 0 Å².